The first kappa shape index (κ1) is 20.8. The number of hydrogen-bond acceptors (Lipinski definition) is 2. The van der Waals surface area contributed by atoms with Crippen molar-refractivity contribution in [3.63, 3.8) is 0 Å². The summed E-state index contributed by atoms with van der Waals surface area (Å²) in [7, 11) is 0. The molecule has 1 aromatic heterocycles. The predicted octanol–water partition coefficient (Wildman–Crippen LogP) is 5.14. The summed E-state index contributed by atoms with van der Waals surface area (Å²) in [6, 6.07) is 15.3. The Morgan fingerprint density at radius 1 is 1.03 bits per heavy atom. The van der Waals surface area contributed by atoms with Gasteiger partial charge < -0.3 is 14.8 Å². The maximum absolute atomic E-state index is 13.9. The van der Waals surface area contributed by atoms with Crippen LogP contribution in [0.1, 0.15) is 67.1 Å². The summed E-state index contributed by atoms with van der Waals surface area (Å²) in [5.74, 6) is 0.131. The number of amides is 2. The predicted molar refractivity (Wildman–Crippen MR) is 126 cm³/mol. The highest BCUT2D eigenvalue weighted by atomic mass is 16.2. The van der Waals surface area contributed by atoms with Crippen LogP contribution < -0.4 is 0 Å². The van der Waals surface area contributed by atoms with Crippen LogP contribution in [0.3, 0.4) is 0 Å². The molecule has 2 aromatic carbocycles. The first-order chi connectivity index (χ1) is 15.6. The molecule has 3 unspecified atom stereocenters. The van der Waals surface area contributed by atoms with Crippen LogP contribution in [-0.2, 0) is 4.79 Å². The lowest BCUT2D eigenvalue weighted by Gasteiger charge is -2.40. The Morgan fingerprint density at radius 3 is 2.53 bits per heavy atom. The van der Waals surface area contributed by atoms with E-state index in [0.717, 1.165) is 54.4 Å². The van der Waals surface area contributed by atoms with E-state index in [2.05, 4.69) is 31.0 Å². The fourth-order valence-electron chi connectivity index (χ4n) is 5.42. The summed E-state index contributed by atoms with van der Waals surface area (Å²) in [6.07, 6.45) is 6.10. The average molecular weight is 430 g/mol. The first-order valence-electron chi connectivity index (χ1n) is 11.9. The lowest BCUT2D eigenvalue weighted by atomic mass is 9.92. The Hall–Kier alpha value is -3.08. The van der Waals surface area contributed by atoms with Gasteiger partial charge in [-0.2, -0.15) is 0 Å². The Labute approximate surface area is 189 Å². The van der Waals surface area contributed by atoms with Gasteiger partial charge in [0.2, 0.25) is 5.91 Å². The number of hydrogen-bond donors (Lipinski definition) is 1. The van der Waals surface area contributed by atoms with E-state index < -0.39 is 6.04 Å². The molecule has 2 amide bonds. The van der Waals surface area contributed by atoms with Crippen LogP contribution in [0.5, 0.6) is 0 Å². The number of aromatic amines is 1. The summed E-state index contributed by atoms with van der Waals surface area (Å²) in [6.45, 7) is 5.79. The zero-order valence-corrected chi connectivity index (χ0v) is 18.9. The second-order valence-electron chi connectivity index (χ2n) is 9.21. The standard InChI is InChI=1S/C27H31N3O2/c1-3-18(2)24(27(32)29-15-9-4-10-16-29)30-25(20-12-5-6-13-21(20)26(30)31)22-17-28-23-14-8-7-11-19(22)23/h5-8,11-14,17-18,24-25,28H,3-4,9-10,15-16H2,1-2H3. The van der Waals surface area contributed by atoms with Crippen LogP contribution in [0, 0.1) is 5.92 Å². The number of likely N-dealkylation sites (tertiary alicyclic amines) is 1. The lowest BCUT2D eigenvalue weighted by Crippen LogP contribution is -2.54. The molecule has 166 valence electrons. The van der Waals surface area contributed by atoms with Crippen molar-refractivity contribution in [3.05, 3.63) is 71.4 Å². The molecule has 1 fully saturated rings. The van der Waals surface area contributed by atoms with Crippen LogP contribution in [0.2, 0.25) is 0 Å². The molecular formula is C27H31N3O2. The third kappa shape index (κ3) is 3.31. The minimum absolute atomic E-state index is 0.0356. The van der Waals surface area contributed by atoms with E-state index in [1.165, 1.54) is 6.42 Å². The van der Waals surface area contributed by atoms with Gasteiger partial charge in [-0.15, -0.1) is 0 Å². The van der Waals surface area contributed by atoms with Gasteiger partial charge in [0.05, 0.1) is 6.04 Å². The van der Waals surface area contributed by atoms with Gasteiger partial charge in [-0.1, -0.05) is 56.7 Å². The smallest absolute Gasteiger partial charge is 0.255 e. The van der Waals surface area contributed by atoms with Gasteiger partial charge >= 0.3 is 0 Å². The first-order valence-corrected chi connectivity index (χ1v) is 11.9. The van der Waals surface area contributed by atoms with E-state index in [0.29, 0.717) is 5.56 Å². The number of carbonyl (C=O) groups is 2. The average Bonchev–Trinajstić information content (AvgIpc) is 3.39. The number of para-hydroxylation sites is 1. The number of nitrogens with one attached hydrogen (secondary N) is 1. The molecule has 1 N–H and O–H groups in total. The normalized spacial score (nSPS) is 20.4. The van der Waals surface area contributed by atoms with Gasteiger partial charge in [-0.3, -0.25) is 9.59 Å². The molecule has 1 saturated heterocycles. The Balaban J connectivity index is 1.65. The molecule has 3 atom stereocenters. The fourth-order valence-corrected chi connectivity index (χ4v) is 5.42. The van der Waals surface area contributed by atoms with Crippen molar-refractivity contribution < 1.29 is 9.59 Å². The monoisotopic (exact) mass is 429 g/mol. The van der Waals surface area contributed by atoms with E-state index >= 15 is 0 Å². The van der Waals surface area contributed by atoms with Gasteiger partial charge in [-0.25, -0.2) is 0 Å². The van der Waals surface area contributed by atoms with E-state index in [1.807, 2.05) is 52.4 Å². The molecule has 5 nitrogen and oxygen atoms in total. The highest BCUT2D eigenvalue weighted by molar-refractivity contribution is 6.03. The van der Waals surface area contributed by atoms with Crippen LogP contribution >= 0.6 is 0 Å². The third-order valence-electron chi connectivity index (χ3n) is 7.32. The topological polar surface area (TPSA) is 56.4 Å². The maximum Gasteiger partial charge on any atom is 0.255 e. The molecule has 0 spiro atoms. The van der Waals surface area contributed by atoms with Crippen molar-refractivity contribution in [2.75, 3.05) is 13.1 Å². The quantitative estimate of drug-likeness (QED) is 0.610. The van der Waals surface area contributed by atoms with Crippen LogP contribution in [0.4, 0.5) is 0 Å². The number of H-pyrrole nitrogens is 1. The van der Waals surface area contributed by atoms with Crippen molar-refractivity contribution in [1.82, 2.24) is 14.8 Å². The van der Waals surface area contributed by atoms with Gasteiger partial charge in [-0.05, 0) is 42.9 Å². The van der Waals surface area contributed by atoms with E-state index in [-0.39, 0.29) is 23.8 Å². The summed E-state index contributed by atoms with van der Waals surface area (Å²) in [5, 5.41) is 1.10. The molecule has 5 heteroatoms. The lowest BCUT2D eigenvalue weighted by molar-refractivity contribution is -0.139. The zero-order valence-electron chi connectivity index (χ0n) is 18.9. The number of rotatable bonds is 5. The summed E-state index contributed by atoms with van der Waals surface area (Å²) in [5.41, 5.74) is 3.80. The number of carbonyl (C=O) groups excluding carboxylic acids is 2. The van der Waals surface area contributed by atoms with Gasteiger partial charge in [0.15, 0.2) is 0 Å². The molecule has 3 aromatic rings. The Kier molecular flexibility index (Phi) is 5.50. The number of piperidine rings is 1. The summed E-state index contributed by atoms with van der Waals surface area (Å²) < 4.78 is 0. The number of nitrogens with zero attached hydrogens (tertiary/aromatic N) is 2. The van der Waals surface area contributed by atoms with Gasteiger partial charge in [0.1, 0.15) is 6.04 Å². The van der Waals surface area contributed by atoms with Crippen LogP contribution in [-0.4, -0.2) is 45.7 Å². The molecule has 32 heavy (non-hydrogen) atoms. The summed E-state index contributed by atoms with van der Waals surface area (Å²) >= 11 is 0. The summed E-state index contributed by atoms with van der Waals surface area (Å²) in [4.78, 5) is 35.0. The second kappa shape index (κ2) is 8.45. The van der Waals surface area contributed by atoms with Crippen LogP contribution in [0.15, 0.2) is 54.7 Å². The molecule has 5 rings (SSSR count). The highest BCUT2D eigenvalue weighted by Gasteiger charge is 2.47. The SMILES string of the molecule is CCC(C)C(C(=O)N1CCCCC1)N1C(=O)c2ccccc2C1c1c[nH]c2ccccc12. The van der Waals surface area contributed by atoms with Gasteiger partial charge in [0.25, 0.3) is 5.91 Å². The highest BCUT2D eigenvalue weighted by Crippen LogP contribution is 2.44. The molecule has 0 saturated carbocycles. The molecule has 2 aliphatic heterocycles. The minimum atomic E-state index is -0.475. The van der Waals surface area contributed by atoms with Crippen molar-refractivity contribution in [2.45, 2.75) is 51.6 Å². The van der Waals surface area contributed by atoms with E-state index in [1.54, 1.807) is 0 Å². The molecule has 0 radical (unpaired) electrons. The van der Waals surface area contributed by atoms with Crippen molar-refractivity contribution in [2.24, 2.45) is 5.92 Å². The van der Waals surface area contributed by atoms with Gasteiger partial charge in [0, 0.05) is 41.3 Å². The molecule has 2 aliphatic rings. The Bertz CT molecular complexity index is 1140. The number of benzene rings is 2. The number of fused-ring (bicyclic) bond motifs is 2. The van der Waals surface area contributed by atoms with E-state index in [9.17, 15) is 9.59 Å². The fraction of sp³-hybridized carbons (Fsp3) is 0.407. The molecule has 0 bridgehead atoms. The second-order valence-corrected chi connectivity index (χ2v) is 9.21. The minimum Gasteiger partial charge on any atom is -0.361 e. The van der Waals surface area contributed by atoms with E-state index in [4.69, 9.17) is 0 Å². The number of aromatic nitrogens is 1. The maximum atomic E-state index is 13.9. The molecular weight excluding hydrogens is 398 g/mol. The third-order valence-corrected chi connectivity index (χ3v) is 7.32. The van der Waals surface area contributed by atoms with Crippen molar-refractivity contribution in [3.8, 4) is 0 Å². The van der Waals surface area contributed by atoms with Crippen molar-refractivity contribution >= 4 is 22.7 Å². The van der Waals surface area contributed by atoms with Crippen molar-refractivity contribution in [1.29, 1.82) is 0 Å². The molecule has 0 aliphatic carbocycles. The largest absolute Gasteiger partial charge is 0.361 e. The Morgan fingerprint density at radius 2 is 1.75 bits per heavy atom. The zero-order chi connectivity index (χ0) is 22.2. The molecule has 3 heterocycles. The van der Waals surface area contributed by atoms with Crippen LogP contribution in [0.25, 0.3) is 10.9 Å².